The van der Waals surface area contributed by atoms with Gasteiger partial charge >= 0.3 is 0 Å². The van der Waals surface area contributed by atoms with Gasteiger partial charge in [-0.1, -0.05) is 30.3 Å². The second kappa shape index (κ2) is 5.71. The molecule has 1 aromatic heterocycles. The maximum Gasteiger partial charge on any atom is 0.159 e. The second-order valence-electron chi connectivity index (χ2n) is 5.59. The Labute approximate surface area is 120 Å². The summed E-state index contributed by atoms with van der Waals surface area (Å²) in [6.07, 6.45) is 3.40. The first-order valence-corrected chi connectivity index (χ1v) is 7.34. The molecule has 0 aliphatic heterocycles. The van der Waals surface area contributed by atoms with Crippen LogP contribution in [0.3, 0.4) is 0 Å². The minimum atomic E-state index is 0.720. The van der Waals surface area contributed by atoms with Gasteiger partial charge in [0.25, 0.3) is 0 Å². The molecule has 2 aromatic rings. The van der Waals surface area contributed by atoms with E-state index in [4.69, 9.17) is 9.97 Å². The summed E-state index contributed by atoms with van der Waals surface area (Å²) in [4.78, 5) is 9.53. The fourth-order valence-corrected chi connectivity index (χ4v) is 3.04. The van der Waals surface area contributed by atoms with Gasteiger partial charge in [0.1, 0.15) is 0 Å². The van der Waals surface area contributed by atoms with Gasteiger partial charge in [0.15, 0.2) is 5.82 Å². The topological polar surface area (TPSA) is 37.8 Å². The first-order valence-electron chi connectivity index (χ1n) is 7.34. The Hall–Kier alpha value is -1.74. The summed E-state index contributed by atoms with van der Waals surface area (Å²) in [7, 11) is 2.03. The molecule has 1 aromatic carbocycles. The standard InChI is InChI=1S/C17H21N3/c1-12-15-10-13(11-18-2)8-9-16(15)20-17(19-12)14-6-4-3-5-7-14/h3-7,13,18H,8-11H2,1-2H3. The fourth-order valence-electron chi connectivity index (χ4n) is 3.04. The van der Waals surface area contributed by atoms with Crippen LogP contribution in [-0.4, -0.2) is 23.6 Å². The molecule has 1 unspecified atom stereocenters. The van der Waals surface area contributed by atoms with E-state index in [1.165, 1.54) is 17.7 Å². The molecule has 1 aliphatic carbocycles. The molecule has 0 fully saturated rings. The molecule has 0 spiro atoms. The predicted molar refractivity (Wildman–Crippen MR) is 81.6 cm³/mol. The highest BCUT2D eigenvalue weighted by Crippen LogP contribution is 2.27. The Morgan fingerprint density at radius 1 is 1.20 bits per heavy atom. The molecular formula is C17H21N3. The number of nitrogens with zero attached hydrogens (tertiary/aromatic N) is 2. The van der Waals surface area contributed by atoms with Gasteiger partial charge in [0, 0.05) is 17.0 Å². The summed E-state index contributed by atoms with van der Waals surface area (Å²) in [6.45, 7) is 3.20. The Balaban J connectivity index is 1.94. The zero-order chi connectivity index (χ0) is 13.9. The van der Waals surface area contributed by atoms with Gasteiger partial charge in [-0.15, -0.1) is 0 Å². The third-order valence-electron chi connectivity index (χ3n) is 4.11. The fraction of sp³-hybridized carbons (Fsp3) is 0.412. The number of aryl methyl sites for hydroxylation is 2. The van der Waals surface area contributed by atoms with Crippen molar-refractivity contribution in [3.8, 4) is 11.4 Å². The van der Waals surface area contributed by atoms with E-state index in [1.807, 2.05) is 25.2 Å². The highest BCUT2D eigenvalue weighted by Gasteiger charge is 2.22. The Kier molecular flexibility index (Phi) is 3.79. The lowest BCUT2D eigenvalue weighted by molar-refractivity contribution is 0.433. The number of hydrogen-bond acceptors (Lipinski definition) is 3. The van der Waals surface area contributed by atoms with Gasteiger partial charge in [-0.2, -0.15) is 0 Å². The van der Waals surface area contributed by atoms with Crippen molar-refractivity contribution < 1.29 is 0 Å². The number of benzene rings is 1. The summed E-state index contributed by atoms with van der Waals surface area (Å²) in [5.41, 5.74) is 4.88. The average molecular weight is 267 g/mol. The van der Waals surface area contributed by atoms with Crippen LogP contribution in [0.15, 0.2) is 30.3 Å². The van der Waals surface area contributed by atoms with Crippen molar-refractivity contribution in [1.29, 1.82) is 0 Å². The highest BCUT2D eigenvalue weighted by molar-refractivity contribution is 5.55. The Morgan fingerprint density at radius 3 is 2.75 bits per heavy atom. The van der Waals surface area contributed by atoms with E-state index in [-0.39, 0.29) is 0 Å². The van der Waals surface area contributed by atoms with Crippen molar-refractivity contribution in [3.63, 3.8) is 0 Å². The predicted octanol–water partition coefficient (Wildman–Crippen LogP) is 2.78. The Bertz CT molecular complexity index is 593. The number of aromatic nitrogens is 2. The van der Waals surface area contributed by atoms with Gasteiger partial charge in [0.05, 0.1) is 0 Å². The third-order valence-corrected chi connectivity index (χ3v) is 4.11. The zero-order valence-corrected chi connectivity index (χ0v) is 12.2. The zero-order valence-electron chi connectivity index (χ0n) is 12.2. The molecule has 0 amide bonds. The second-order valence-corrected chi connectivity index (χ2v) is 5.59. The lowest BCUT2D eigenvalue weighted by Crippen LogP contribution is -2.26. The molecule has 0 bridgehead atoms. The van der Waals surface area contributed by atoms with E-state index in [2.05, 4.69) is 24.4 Å². The van der Waals surface area contributed by atoms with Crippen LogP contribution in [0.4, 0.5) is 0 Å². The molecule has 104 valence electrons. The molecular weight excluding hydrogens is 246 g/mol. The van der Waals surface area contributed by atoms with Crippen LogP contribution in [0.2, 0.25) is 0 Å². The normalized spacial score (nSPS) is 17.8. The first-order chi connectivity index (χ1) is 9.78. The molecule has 1 heterocycles. The van der Waals surface area contributed by atoms with Crippen molar-refractivity contribution in [2.75, 3.05) is 13.6 Å². The van der Waals surface area contributed by atoms with Crippen molar-refractivity contribution in [2.45, 2.75) is 26.2 Å². The summed E-state index contributed by atoms with van der Waals surface area (Å²) < 4.78 is 0. The molecule has 3 heteroatoms. The molecule has 0 saturated heterocycles. The van der Waals surface area contributed by atoms with Crippen molar-refractivity contribution in [2.24, 2.45) is 5.92 Å². The maximum atomic E-state index is 4.81. The smallest absolute Gasteiger partial charge is 0.159 e. The van der Waals surface area contributed by atoms with Crippen LogP contribution in [0, 0.1) is 12.8 Å². The van der Waals surface area contributed by atoms with E-state index in [0.717, 1.165) is 42.4 Å². The van der Waals surface area contributed by atoms with Crippen molar-refractivity contribution >= 4 is 0 Å². The van der Waals surface area contributed by atoms with Crippen LogP contribution in [0.5, 0.6) is 0 Å². The van der Waals surface area contributed by atoms with E-state index in [1.54, 1.807) is 0 Å². The Morgan fingerprint density at radius 2 is 2.00 bits per heavy atom. The number of hydrogen-bond donors (Lipinski definition) is 1. The quantitative estimate of drug-likeness (QED) is 0.929. The molecule has 3 rings (SSSR count). The van der Waals surface area contributed by atoms with Crippen molar-refractivity contribution in [3.05, 3.63) is 47.3 Å². The maximum absolute atomic E-state index is 4.81. The van der Waals surface area contributed by atoms with Crippen LogP contribution in [0.1, 0.15) is 23.4 Å². The number of nitrogens with one attached hydrogen (secondary N) is 1. The van der Waals surface area contributed by atoms with Crippen LogP contribution in [0.25, 0.3) is 11.4 Å². The summed E-state index contributed by atoms with van der Waals surface area (Å²) >= 11 is 0. The number of rotatable bonds is 3. The molecule has 3 nitrogen and oxygen atoms in total. The SMILES string of the molecule is CNCC1CCc2nc(-c3ccccc3)nc(C)c2C1. The summed E-state index contributed by atoms with van der Waals surface area (Å²) in [5.74, 6) is 1.59. The molecule has 1 aliphatic rings. The van der Waals surface area contributed by atoms with Gasteiger partial charge < -0.3 is 5.32 Å². The third kappa shape index (κ3) is 2.59. The monoisotopic (exact) mass is 267 g/mol. The summed E-state index contributed by atoms with van der Waals surface area (Å²) in [6, 6.07) is 10.3. The van der Waals surface area contributed by atoms with E-state index >= 15 is 0 Å². The van der Waals surface area contributed by atoms with Crippen LogP contribution >= 0.6 is 0 Å². The molecule has 1 N–H and O–H groups in total. The minimum absolute atomic E-state index is 0.720. The summed E-state index contributed by atoms with van der Waals surface area (Å²) in [5, 5.41) is 3.28. The lowest BCUT2D eigenvalue weighted by Gasteiger charge is -2.25. The average Bonchev–Trinajstić information content (AvgIpc) is 2.49. The van der Waals surface area contributed by atoms with Crippen molar-refractivity contribution in [1.82, 2.24) is 15.3 Å². The minimum Gasteiger partial charge on any atom is -0.319 e. The van der Waals surface area contributed by atoms with Gasteiger partial charge in [-0.3, -0.25) is 0 Å². The lowest BCUT2D eigenvalue weighted by atomic mass is 9.85. The highest BCUT2D eigenvalue weighted by atomic mass is 14.9. The van der Waals surface area contributed by atoms with Crippen LogP contribution < -0.4 is 5.32 Å². The van der Waals surface area contributed by atoms with Crippen LogP contribution in [-0.2, 0) is 12.8 Å². The van der Waals surface area contributed by atoms with E-state index < -0.39 is 0 Å². The van der Waals surface area contributed by atoms with E-state index in [0.29, 0.717) is 0 Å². The van der Waals surface area contributed by atoms with Gasteiger partial charge in [0.2, 0.25) is 0 Å². The van der Waals surface area contributed by atoms with E-state index in [9.17, 15) is 0 Å². The largest absolute Gasteiger partial charge is 0.319 e. The van der Waals surface area contributed by atoms with Gasteiger partial charge in [-0.25, -0.2) is 9.97 Å². The molecule has 0 radical (unpaired) electrons. The molecule has 1 atom stereocenters. The molecule has 0 saturated carbocycles. The first kappa shape index (κ1) is 13.3. The molecule has 20 heavy (non-hydrogen) atoms. The van der Waals surface area contributed by atoms with Gasteiger partial charge in [-0.05, 0) is 51.3 Å². The number of fused-ring (bicyclic) bond motifs is 1.